The van der Waals surface area contributed by atoms with Gasteiger partial charge >= 0.3 is 0 Å². The second-order valence-electron chi connectivity index (χ2n) is 2.56. The number of fused-ring (bicyclic) bond motifs is 1. The van der Waals surface area contributed by atoms with Crippen LogP contribution in [0.3, 0.4) is 0 Å². The second-order valence-corrected chi connectivity index (χ2v) is 2.56. The average Bonchev–Trinajstić information content (AvgIpc) is 2.42. The molecule has 0 radical (unpaired) electrons. The first kappa shape index (κ1) is 7.72. The number of hydrogen-bond donors (Lipinski definition) is 1. The molecule has 1 aromatic rings. The van der Waals surface area contributed by atoms with Crippen LogP contribution < -0.4 is 10.1 Å². The highest BCUT2D eigenvalue weighted by Gasteiger charge is 2.27. The molecule has 2 heterocycles. The number of imide groups is 1. The van der Waals surface area contributed by atoms with Gasteiger partial charge in [-0.2, -0.15) is 0 Å². The maximum Gasteiger partial charge on any atom is 0.260 e. The first-order chi connectivity index (χ1) is 6.22. The lowest BCUT2D eigenvalue weighted by atomic mass is 10.2. The van der Waals surface area contributed by atoms with Gasteiger partial charge in [-0.25, -0.2) is 4.98 Å². The number of carbonyl (C=O) groups excluding carboxylic acids is 2. The fourth-order valence-corrected chi connectivity index (χ4v) is 1.15. The molecule has 1 aliphatic rings. The van der Waals surface area contributed by atoms with E-state index in [1.54, 1.807) is 0 Å². The van der Waals surface area contributed by atoms with Crippen LogP contribution in [-0.2, 0) is 0 Å². The van der Waals surface area contributed by atoms with Crippen molar-refractivity contribution in [3.63, 3.8) is 0 Å². The monoisotopic (exact) mass is 178 g/mol. The summed E-state index contributed by atoms with van der Waals surface area (Å²) in [5, 5.41) is 2.16. The van der Waals surface area contributed by atoms with Gasteiger partial charge in [0.1, 0.15) is 0 Å². The van der Waals surface area contributed by atoms with Crippen LogP contribution in [0.15, 0.2) is 12.3 Å². The molecular weight excluding hydrogens is 172 g/mol. The van der Waals surface area contributed by atoms with Crippen molar-refractivity contribution in [1.29, 1.82) is 0 Å². The van der Waals surface area contributed by atoms with Gasteiger partial charge in [-0.15, -0.1) is 0 Å². The van der Waals surface area contributed by atoms with Crippen LogP contribution in [0, 0.1) is 0 Å². The molecule has 5 heteroatoms. The Hall–Kier alpha value is -1.91. The van der Waals surface area contributed by atoms with Crippen LogP contribution in [-0.4, -0.2) is 23.9 Å². The maximum atomic E-state index is 11.1. The highest BCUT2D eigenvalue weighted by molar-refractivity contribution is 6.21. The highest BCUT2D eigenvalue weighted by Crippen LogP contribution is 2.18. The van der Waals surface area contributed by atoms with Gasteiger partial charge in [0.15, 0.2) is 0 Å². The van der Waals surface area contributed by atoms with Gasteiger partial charge in [0.05, 0.1) is 18.2 Å². The summed E-state index contributed by atoms with van der Waals surface area (Å²) in [5.41, 5.74) is 0.614. The largest absolute Gasteiger partial charge is 0.481 e. The fraction of sp³-hybridized carbons (Fsp3) is 0.125. The number of nitrogens with one attached hydrogen (secondary N) is 1. The fourth-order valence-electron chi connectivity index (χ4n) is 1.15. The molecule has 0 unspecified atom stereocenters. The Kier molecular flexibility index (Phi) is 1.51. The molecule has 1 aromatic heterocycles. The van der Waals surface area contributed by atoms with Crippen LogP contribution in [0.4, 0.5) is 0 Å². The number of methoxy groups -OCH3 is 1. The standard InChI is InChI=1S/C8H6N2O3/c1-13-6-2-4-5(3-9-6)8(12)10-7(4)11/h2-3H,1H3,(H,10,11,12). The van der Waals surface area contributed by atoms with Crippen molar-refractivity contribution in [1.82, 2.24) is 10.3 Å². The van der Waals surface area contributed by atoms with Gasteiger partial charge in [-0.1, -0.05) is 0 Å². The van der Waals surface area contributed by atoms with E-state index in [4.69, 9.17) is 4.74 Å². The molecule has 2 amide bonds. The summed E-state index contributed by atoms with van der Waals surface area (Å²) in [5.74, 6) is -0.487. The highest BCUT2D eigenvalue weighted by atomic mass is 16.5. The zero-order chi connectivity index (χ0) is 9.42. The Labute approximate surface area is 73.7 Å². The second kappa shape index (κ2) is 2.55. The lowest BCUT2D eigenvalue weighted by Crippen LogP contribution is -2.19. The van der Waals surface area contributed by atoms with E-state index >= 15 is 0 Å². The van der Waals surface area contributed by atoms with E-state index in [-0.39, 0.29) is 0 Å². The number of rotatable bonds is 1. The minimum atomic E-state index is -0.407. The third-order valence-electron chi connectivity index (χ3n) is 1.80. The van der Waals surface area contributed by atoms with E-state index in [1.807, 2.05) is 0 Å². The molecule has 66 valence electrons. The van der Waals surface area contributed by atoms with Gasteiger partial charge < -0.3 is 4.74 Å². The van der Waals surface area contributed by atoms with Crippen molar-refractivity contribution < 1.29 is 14.3 Å². The summed E-state index contributed by atoms with van der Waals surface area (Å²) in [6, 6.07) is 1.44. The number of carbonyl (C=O) groups is 2. The van der Waals surface area contributed by atoms with E-state index in [9.17, 15) is 9.59 Å². The minimum absolute atomic E-state index is 0.297. The smallest absolute Gasteiger partial charge is 0.260 e. The molecule has 0 saturated carbocycles. The third kappa shape index (κ3) is 1.05. The van der Waals surface area contributed by atoms with Crippen molar-refractivity contribution in [2.24, 2.45) is 0 Å². The van der Waals surface area contributed by atoms with Crippen LogP contribution in [0.2, 0.25) is 0 Å². The van der Waals surface area contributed by atoms with E-state index in [1.165, 1.54) is 19.4 Å². The summed E-state index contributed by atoms with van der Waals surface area (Å²) in [7, 11) is 1.45. The van der Waals surface area contributed by atoms with E-state index in [0.29, 0.717) is 17.0 Å². The van der Waals surface area contributed by atoms with Crippen molar-refractivity contribution in [2.75, 3.05) is 7.11 Å². The van der Waals surface area contributed by atoms with Gasteiger partial charge in [0, 0.05) is 12.3 Å². The Bertz CT molecular complexity index is 400. The zero-order valence-electron chi connectivity index (χ0n) is 6.83. The average molecular weight is 178 g/mol. The van der Waals surface area contributed by atoms with Crippen molar-refractivity contribution in [3.8, 4) is 5.88 Å². The molecule has 0 aliphatic carbocycles. The first-order valence-electron chi connectivity index (χ1n) is 3.62. The van der Waals surface area contributed by atoms with Gasteiger partial charge in [0.2, 0.25) is 5.88 Å². The van der Waals surface area contributed by atoms with E-state index in [2.05, 4.69) is 10.3 Å². The van der Waals surface area contributed by atoms with Crippen molar-refractivity contribution >= 4 is 11.8 Å². The van der Waals surface area contributed by atoms with Crippen LogP contribution in [0.5, 0.6) is 5.88 Å². The summed E-state index contributed by atoms with van der Waals surface area (Å²) in [6.45, 7) is 0. The number of pyridine rings is 1. The quantitative estimate of drug-likeness (QED) is 0.613. The van der Waals surface area contributed by atoms with Crippen LogP contribution >= 0.6 is 0 Å². The molecular formula is C8H6N2O3. The van der Waals surface area contributed by atoms with Crippen LogP contribution in [0.1, 0.15) is 20.7 Å². The summed E-state index contributed by atoms with van der Waals surface area (Å²) in [6.07, 6.45) is 1.33. The molecule has 13 heavy (non-hydrogen) atoms. The Morgan fingerprint density at radius 1 is 1.31 bits per heavy atom. The van der Waals surface area contributed by atoms with Gasteiger partial charge in [0.25, 0.3) is 11.8 Å². The Balaban J connectivity index is 2.58. The van der Waals surface area contributed by atoms with E-state index < -0.39 is 11.8 Å². The molecule has 2 rings (SSSR count). The Morgan fingerprint density at radius 3 is 2.69 bits per heavy atom. The third-order valence-corrected chi connectivity index (χ3v) is 1.80. The normalized spacial score (nSPS) is 13.9. The summed E-state index contributed by atoms with van der Waals surface area (Å²) in [4.78, 5) is 26.0. The molecule has 1 N–H and O–H groups in total. The number of nitrogens with zero attached hydrogens (tertiary/aromatic N) is 1. The predicted molar refractivity (Wildman–Crippen MR) is 42.6 cm³/mol. The maximum absolute atomic E-state index is 11.1. The van der Waals surface area contributed by atoms with Gasteiger partial charge in [-0.3, -0.25) is 14.9 Å². The Morgan fingerprint density at radius 2 is 2.00 bits per heavy atom. The predicted octanol–water partition coefficient (Wildman–Crippen LogP) is -0.0262. The number of aromatic nitrogens is 1. The molecule has 0 bridgehead atoms. The molecule has 1 aliphatic heterocycles. The van der Waals surface area contributed by atoms with Crippen molar-refractivity contribution in [3.05, 3.63) is 23.4 Å². The van der Waals surface area contributed by atoms with E-state index in [0.717, 1.165) is 0 Å². The lowest BCUT2D eigenvalue weighted by molar-refractivity contribution is 0.0879. The molecule has 0 aromatic carbocycles. The van der Waals surface area contributed by atoms with Gasteiger partial charge in [-0.05, 0) is 0 Å². The molecule has 0 atom stereocenters. The molecule has 0 saturated heterocycles. The van der Waals surface area contributed by atoms with Crippen molar-refractivity contribution in [2.45, 2.75) is 0 Å². The lowest BCUT2D eigenvalue weighted by Gasteiger charge is -1.98. The SMILES string of the molecule is COc1cc2c(cn1)C(=O)NC2=O. The summed E-state index contributed by atoms with van der Waals surface area (Å²) >= 11 is 0. The topological polar surface area (TPSA) is 68.3 Å². The summed E-state index contributed by atoms with van der Waals surface area (Å²) < 4.78 is 4.82. The first-order valence-corrected chi connectivity index (χ1v) is 3.62. The number of hydrogen-bond acceptors (Lipinski definition) is 4. The number of ether oxygens (including phenoxy) is 1. The van der Waals surface area contributed by atoms with Crippen LogP contribution in [0.25, 0.3) is 0 Å². The number of amides is 2. The minimum Gasteiger partial charge on any atom is -0.481 e. The molecule has 5 nitrogen and oxygen atoms in total. The molecule has 0 fully saturated rings. The zero-order valence-corrected chi connectivity index (χ0v) is 6.83. The molecule has 0 spiro atoms.